The van der Waals surface area contributed by atoms with E-state index in [0.717, 1.165) is 72.5 Å². The van der Waals surface area contributed by atoms with Gasteiger partial charge in [0, 0.05) is 41.2 Å². The minimum Gasteiger partial charge on any atom is -0.456 e. The molecule has 0 aromatic heterocycles. The number of ether oxygens (including phenoxy) is 2. The largest absolute Gasteiger partial charge is 0.456 e. The number of fused-ring (bicyclic) bond motifs is 6. The van der Waals surface area contributed by atoms with Crippen LogP contribution in [0.1, 0.15) is 66.6 Å². The van der Waals surface area contributed by atoms with Gasteiger partial charge in [-0.1, -0.05) is 74.7 Å². The number of nitrogens with zero attached hydrogens (tertiary/aromatic N) is 1. The highest BCUT2D eigenvalue weighted by molar-refractivity contribution is 6.33. The second-order valence-corrected chi connectivity index (χ2v) is 10.8. The van der Waals surface area contributed by atoms with Gasteiger partial charge in [0.15, 0.2) is 5.60 Å². The summed E-state index contributed by atoms with van der Waals surface area (Å²) in [6.45, 7) is 6.47. The fourth-order valence-corrected chi connectivity index (χ4v) is 5.89. The quantitative estimate of drug-likeness (QED) is 0.210. The normalized spacial score (nSPS) is 16.5. The van der Waals surface area contributed by atoms with Gasteiger partial charge in [-0.25, -0.2) is 4.79 Å². The summed E-state index contributed by atoms with van der Waals surface area (Å²) in [5.41, 5.74) is 4.67. The van der Waals surface area contributed by atoms with Gasteiger partial charge in [0.1, 0.15) is 11.5 Å². The van der Waals surface area contributed by atoms with Gasteiger partial charge >= 0.3 is 5.97 Å². The minimum atomic E-state index is -1.10. The number of hydrogen-bond donors (Lipinski definition) is 1. The van der Waals surface area contributed by atoms with E-state index < -0.39 is 5.60 Å². The Kier molecular flexibility index (Phi) is 7.16. The predicted octanol–water partition coefficient (Wildman–Crippen LogP) is 9.06. The van der Waals surface area contributed by atoms with E-state index in [4.69, 9.17) is 21.1 Å². The topological polar surface area (TPSA) is 50.8 Å². The van der Waals surface area contributed by atoms with Crippen LogP contribution >= 0.6 is 11.6 Å². The molecule has 4 aromatic rings. The summed E-state index contributed by atoms with van der Waals surface area (Å²) in [7, 11) is 0. The number of carbonyl (C=O) groups excluding carboxylic acids is 1. The number of rotatable bonds is 9. The zero-order valence-electron chi connectivity index (χ0n) is 22.9. The molecule has 1 N–H and O–H groups in total. The molecule has 1 spiro atoms. The molecular weight excluding hydrogens is 520 g/mol. The highest BCUT2D eigenvalue weighted by atomic mass is 35.5. The van der Waals surface area contributed by atoms with Gasteiger partial charge in [0.2, 0.25) is 0 Å². The monoisotopic (exact) mass is 552 g/mol. The Morgan fingerprint density at radius 3 is 2.27 bits per heavy atom. The third kappa shape index (κ3) is 4.48. The molecule has 0 amide bonds. The number of nitrogens with one attached hydrogen (secondary N) is 1. The van der Waals surface area contributed by atoms with E-state index in [1.54, 1.807) is 0 Å². The lowest BCUT2D eigenvalue weighted by Gasteiger charge is -2.36. The number of benzene rings is 4. The van der Waals surface area contributed by atoms with Crippen molar-refractivity contribution in [1.82, 2.24) is 0 Å². The van der Waals surface area contributed by atoms with Crippen LogP contribution in [0.5, 0.6) is 11.5 Å². The maximum Gasteiger partial charge on any atom is 0.340 e. The summed E-state index contributed by atoms with van der Waals surface area (Å²) in [4.78, 5) is 15.6. The summed E-state index contributed by atoms with van der Waals surface area (Å²) in [5.74, 6) is 0.987. The van der Waals surface area contributed by atoms with Crippen molar-refractivity contribution in [3.63, 3.8) is 0 Å². The van der Waals surface area contributed by atoms with Gasteiger partial charge in [-0.15, -0.1) is 0 Å². The van der Waals surface area contributed by atoms with Crippen molar-refractivity contribution in [2.24, 2.45) is 0 Å². The van der Waals surface area contributed by atoms with E-state index in [-0.39, 0.29) is 5.97 Å². The lowest BCUT2D eigenvalue weighted by atomic mass is 9.77. The van der Waals surface area contributed by atoms with Crippen LogP contribution in [0, 0.1) is 0 Å². The van der Waals surface area contributed by atoms with Crippen LogP contribution in [-0.4, -0.2) is 19.1 Å². The van der Waals surface area contributed by atoms with Crippen molar-refractivity contribution in [3.05, 3.63) is 112 Å². The van der Waals surface area contributed by atoms with Crippen LogP contribution in [0.25, 0.3) is 0 Å². The number of unbranched alkanes of at least 4 members (excludes halogenated alkanes) is 2. The zero-order chi connectivity index (χ0) is 27.7. The van der Waals surface area contributed by atoms with E-state index in [1.165, 1.54) is 0 Å². The number of carbonyl (C=O) groups is 1. The molecule has 0 bridgehead atoms. The SMILES string of the molecule is CCCCN(CCCC)c1ccc(Cl)c(Nc2ccc3c(c2)C2(OC(=O)c4ccccc42)c2ccccc2O3)c1. The molecule has 0 radical (unpaired) electrons. The molecule has 204 valence electrons. The summed E-state index contributed by atoms with van der Waals surface area (Å²) in [6, 6.07) is 27.4. The third-order valence-electron chi connectivity index (χ3n) is 7.77. The summed E-state index contributed by atoms with van der Waals surface area (Å²) in [5, 5.41) is 4.18. The molecule has 1 atom stereocenters. The minimum absolute atomic E-state index is 0.341. The van der Waals surface area contributed by atoms with Crippen LogP contribution in [0.15, 0.2) is 84.9 Å². The van der Waals surface area contributed by atoms with Gasteiger partial charge in [-0.3, -0.25) is 0 Å². The molecule has 0 saturated carbocycles. The van der Waals surface area contributed by atoms with Gasteiger partial charge in [0.25, 0.3) is 0 Å². The molecule has 0 fully saturated rings. The van der Waals surface area contributed by atoms with Crippen molar-refractivity contribution in [3.8, 4) is 11.5 Å². The zero-order valence-corrected chi connectivity index (χ0v) is 23.6. The molecule has 5 nitrogen and oxygen atoms in total. The lowest BCUT2D eigenvalue weighted by Crippen LogP contribution is -2.33. The predicted molar refractivity (Wildman–Crippen MR) is 161 cm³/mol. The fraction of sp³-hybridized carbons (Fsp3) is 0.265. The number of halogens is 1. The number of esters is 1. The molecule has 40 heavy (non-hydrogen) atoms. The van der Waals surface area contributed by atoms with E-state index in [2.05, 4.69) is 36.2 Å². The Labute approximate surface area is 240 Å². The molecular formula is C34H33ClN2O3. The molecule has 1 unspecified atom stereocenters. The first-order valence-corrected chi connectivity index (χ1v) is 14.5. The standard InChI is InChI=1S/C34H33ClN2O3/c1-3-5-19-37(20-6-4-2)24-16-17-29(35)30(22-24)36-23-15-18-32-28(21-23)34(27-13-9-10-14-31(27)39-32)26-12-8-7-11-25(26)33(38)40-34/h7-18,21-22,36H,3-6,19-20H2,1-2H3. The second kappa shape index (κ2) is 10.9. The average Bonchev–Trinajstić information content (AvgIpc) is 3.27. The highest BCUT2D eigenvalue weighted by Crippen LogP contribution is 2.56. The van der Waals surface area contributed by atoms with E-state index in [1.807, 2.05) is 72.8 Å². The van der Waals surface area contributed by atoms with Gasteiger partial charge in [-0.05, 0) is 61.4 Å². The first-order chi connectivity index (χ1) is 19.5. The van der Waals surface area contributed by atoms with Crippen LogP contribution in [0.4, 0.5) is 17.1 Å². The van der Waals surface area contributed by atoms with E-state index in [9.17, 15) is 4.79 Å². The van der Waals surface area contributed by atoms with Crippen LogP contribution in [0.3, 0.4) is 0 Å². The van der Waals surface area contributed by atoms with Crippen molar-refractivity contribution in [2.75, 3.05) is 23.3 Å². The second-order valence-electron chi connectivity index (χ2n) is 10.4. The molecule has 4 aromatic carbocycles. The molecule has 0 saturated heterocycles. The summed E-state index contributed by atoms with van der Waals surface area (Å²) < 4.78 is 12.6. The first kappa shape index (κ1) is 26.3. The fourth-order valence-electron chi connectivity index (χ4n) is 5.73. The van der Waals surface area contributed by atoms with Crippen LogP contribution in [0.2, 0.25) is 5.02 Å². The van der Waals surface area contributed by atoms with Crippen LogP contribution in [-0.2, 0) is 10.3 Å². The van der Waals surface area contributed by atoms with Gasteiger partial charge in [0.05, 0.1) is 16.3 Å². The summed E-state index contributed by atoms with van der Waals surface area (Å²) >= 11 is 6.70. The maximum atomic E-state index is 13.1. The Morgan fingerprint density at radius 2 is 1.50 bits per heavy atom. The Balaban J connectivity index is 1.41. The maximum absolute atomic E-state index is 13.1. The molecule has 2 aliphatic heterocycles. The van der Waals surface area contributed by atoms with Crippen molar-refractivity contribution in [1.29, 1.82) is 0 Å². The van der Waals surface area contributed by atoms with Crippen molar-refractivity contribution in [2.45, 2.75) is 45.1 Å². The number of anilines is 3. The van der Waals surface area contributed by atoms with E-state index >= 15 is 0 Å². The van der Waals surface area contributed by atoms with Crippen molar-refractivity contribution < 1.29 is 14.3 Å². The van der Waals surface area contributed by atoms with Gasteiger partial charge < -0.3 is 19.7 Å². The Bertz CT molecular complexity index is 1560. The lowest BCUT2D eigenvalue weighted by molar-refractivity contribution is 0.0224. The van der Waals surface area contributed by atoms with Gasteiger partial charge in [-0.2, -0.15) is 0 Å². The van der Waals surface area contributed by atoms with Crippen molar-refractivity contribution >= 4 is 34.6 Å². The molecule has 0 aliphatic carbocycles. The molecule has 6 rings (SSSR count). The average molecular weight is 553 g/mol. The third-order valence-corrected chi connectivity index (χ3v) is 8.10. The van der Waals surface area contributed by atoms with Crippen LogP contribution < -0.4 is 15.0 Å². The first-order valence-electron chi connectivity index (χ1n) is 14.1. The smallest absolute Gasteiger partial charge is 0.340 e. The number of para-hydroxylation sites is 1. The molecule has 2 aliphatic rings. The highest BCUT2D eigenvalue weighted by Gasteiger charge is 2.53. The Hall–Kier alpha value is -3.96. The molecule has 2 heterocycles. The Morgan fingerprint density at radius 1 is 0.800 bits per heavy atom. The molecule has 6 heteroatoms. The number of hydrogen-bond acceptors (Lipinski definition) is 5. The van der Waals surface area contributed by atoms with E-state index in [0.29, 0.717) is 22.1 Å². The summed E-state index contributed by atoms with van der Waals surface area (Å²) in [6.07, 6.45) is 4.58.